The largest absolute Gasteiger partial charge is 0.508 e. The minimum Gasteiger partial charge on any atom is -0.508 e. The number of phenols is 2. The number of rotatable bonds is 8. The molecule has 0 saturated heterocycles. The van der Waals surface area contributed by atoms with E-state index in [1.54, 1.807) is 30.3 Å². The molecule has 0 spiro atoms. The number of phenolic OH excluding ortho intramolecular Hbond substituents is 2. The Kier molecular flexibility index (Phi) is 7.00. The van der Waals surface area contributed by atoms with Crippen molar-refractivity contribution in [3.8, 4) is 11.5 Å². The number of benzene rings is 3. The fraction of sp³-hybridized carbons (Fsp3) is 0. The smallest absolute Gasteiger partial charge is 0.335 e. The lowest BCUT2D eigenvalue weighted by Gasteiger charge is -2.08. The van der Waals surface area contributed by atoms with Crippen LogP contribution in [-0.2, 0) is 4.79 Å². The standard InChI is InChI=1S/C27H20O6/c1-17(27(32)33)20-8-13-23(25(30)14-6-18-2-9-21(28)10-3-18)24(16-20)26(31)15-7-19-4-11-22(29)12-5-19/h2-16,28-29H,1H2,(H,32,33)/b14-6+,15-7+. The highest BCUT2D eigenvalue weighted by molar-refractivity contribution is 6.19. The summed E-state index contributed by atoms with van der Waals surface area (Å²) in [5, 5.41) is 28.0. The molecule has 0 aromatic heterocycles. The highest BCUT2D eigenvalue weighted by atomic mass is 16.4. The van der Waals surface area contributed by atoms with E-state index in [9.17, 15) is 29.7 Å². The molecule has 0 aliphatic carbocycles. The zero-order valence-corrected chi connectivity index (χ0v) is 17.4. The molecular weight excluding hydrogens is 420 g/mol. The molecule has 3 aromatic carbocycles. The van der Waals surface area contributed by atoms with Crippen molar-refractivity contribution in [3.63, 3.8) is 0 Å². The number of carboxylic acid groups (broad SMARTS) is 1. The van der Waals surface area contributed by atoms with Crippen molar-refractivity contribution in [2.75, 3.05) is 0 Å². The van der Waals surface area contributed by atoms with Crippen LogP contribution in [-0.4, -0.2) is 32.9 Å². The summed E-state index contributed by atoms with van der Waals surface area (Å²) in [6.45, 7) is 3.51. The van der Waals surface area contributed by atoms with Gasteiger partial charge in [-0.3, -0.25) is 9.59 Å². The number of allylic oxidation sites excluding steroid dienone is 2. The van der Waals surface area contributed by atoms with E-state index in [0.717, 1.165) is 0 Å². The van der Waals surface area contributed by atoms with Gasteiger partial charge >= 0.3 is 5.97 Å². The molecule has 33 heavy (non-hydrogen) atoms. The first-order chi connectivity index (χ1) is 15.7. The molecule has 6 nitrogen and oxygen atoms in total. The molecule has 0 atom stereocenters. The van der Waals surface area contributed by atoms with Crippen LogP contribution in [0.2, 0.25) is 0 Å². The fourth-order valence-corrected chi connectivity index (χ4v) is 2.97. The predicted molar refractivity (Wildman–Crippen MR) is 126 cm³/mol. The van der Waals surface area contributed by atoms with Gasteiger partial charge < -0.3 is 15.3 Å². The lowest BCUT2D eigenvalue weighted by atomic mass is 9.94. The number of hydrogen-bond donors (Lipinski definition) is 3. The number of aromatic hydroxyl groups is 2. The van der Waals surface area contributed by atoms with E-state index >= 15 is 0 Å². The van der Waals surface area contributed by atoms with Crippen LogP contribution in [0.15, 0.2) is 85.5 Å². The van der Waals surface area contributed by atoms with Crippen LogP contribution < -0.4 is 0 Å². The van der Waals surface area contributed by atoms with E-state index in [-0.39, 0.29) is 33.8 Å². The third kappa shape index (κ3) is 5.92. The zero-order chi connectivity index (χ0) is 24.0. The molecule has 3 rings (SSSR count). The van der Waals surface area contributed by atoms with Gasteiger partial charge in [-0.05, 0) is 65.2 Å². The third-order valence-corrected chi connectivity index (χ3v) is 4.80. The second-order valence-electron chi connectivity index (χ2n) is 7.12. The summed E-state index contributed by atoms with van der Waals surface area (Å²) in [4.78, 5) is 37.1. The average Bonchev–Trinajstić information content (AvgIpc) is 2.82. The van der Waals surface area contributed by atoms with Gasteiger partial charge in [0.15, 0.2) is 11.6 Å². The maximum Gasteiger partial charge on any atom is 0.335 e. The van der Waals surface area contributed by atoms with Crippen molar-refractivity contribution in [1.82, 2.24) is 0 Å². The fourth-order valence-electron chi connectivity index (χ4n) is 2.97. The second-order valence-corrected chi connectivity index (χ2v) is 7.12. The number of aliphatic carboxylic acids is 1. The first-order valence-electron chi connectivity index (χ1n) is 9.84. The highest BCUT2D eigenvalue weighted by Gasteiger charge is 2.17. The van der Waals surface area contributed by atoms with E-state index in [1.807, 2.05) is 0 Å². The average molecular weight is 440 g/mol. The maximum absolute atomic E-state index is 12.9. The quantitative estimate of drug-likeness (QED) is 0.336. The molecule has 3 aromatic rings. The van der Waals surface area contributed by atoms with Gasteiger partial charge in [0.1, 0.15) is 11.5 Å². The minimum absolute atomic E-state index is 0.0327. The van der Waals surface area contributed by atoms with E-state index in [1.165, 1.54) is 60.7 Å². The molecule has 3 N–H and O–H groups in total. The Morgan fingerprint density at radius 1 is 0.667 bits per heavy atom. The summed E-state index contributed by atoms with van der Waals surface area (Å²) in [6.07, 6.45) is 5.65. The van der Waals surface area contributed by atoms with Crippen molar-refractivity contribution >= 4 is 35.3 Å². The van der Waals surface area contributed by atoms with Gasteiger partial charge in [0.25, 0.3) is 0 Å². The van der Waals surface area contributed by atoms with Gasteiger partial charge in [-0.2, -0.15) is 0 Å². The number of ketones is 2. The number of hydrogen-bond acceptors (Lipinski definition) is 5. The lowest BCUT2D eigenvalue weighted by molar-refractivity contribution is -0.130. The molecule has 0 saturated carbocycles. The Morgan fingerprint density at radius 2 is 1.12 bits per heavy atom. The predicted octanol–water partition coefficient (Wildman–Crippen LogP) is 4.99. The molecule has 6 heteroatoms. The SMILES string of the molecule is C=C(C(=O)O)c1ccc(C(=O)/C=C/c2ccc(O)cc2)c(C(=O)/C=C/c2ccc(O)cc2)c1. The summed E-state index contributed by atoms with van der Waals surface area (Å²) in [7, 11) is 0. The molecule has 0 radical (unpaired) electrons. The summed E-state index contributed by atoms with van der Waals surface area (Å²) >= 11 is 0. The zero-order valence-electron chi connectivity index (χ0n) is 17.4. The Bertz CT molecular complexity index is 1280. The first-order valence-corrected chi connectivity index (χ1v) is 9.84. The molecule has 0 fully saturated rings. The van der Waals surface area contributed by atoms with Crippen LogP contribution >= 0.6 is 0 Å². The molecule has 0 aliphatic rings. The summed E-state index contributed by atoms with van der Waals surface area (Å²) < 4.78 is 0. The van der Waals surface area contributed by atoms with Crippen molar-refractivity contribution < 1.29 is 29.7 Å². The van der Waals surface area contributed by atoms with Gasteiger partial charge in [-0.25, -0.2) is 4.79 Å². The van der Waals surface area contributed by atoms with Gasteiger partial charge in [0.05, 0.1) is 5.57 Å². The monoisotopic (exact) mass is 440 g/mol. The first kappa shape index (κ1) is 23.0. The molecule has 0 bridgehead atoms. The maximum atomic E-state index is 12.9. The summed E-state index contributed by atoms with van der Waals surface area (Å²) in [6, 6.07) is 16.6. The van der Waals surface area contributed by atoms with E-state index < -0.39 is 17.5 Å². The normalized spacial score (nSPS) is 11.0. The topological polar surface area (TPSA) is 112 Å². The van der Waals surface area contributed by atoms with Crippen molar-refractivity contribution in [1.29, 1.82) is 0 Å². The van der Waals surface area contributed by atoms with Crippen LogP contribution in [0.4, 0.5) is 0 Å². The molecule has 0 unspecified atom stereocenters. The van der Waals surface area contributed by atoms with Crippen LogP contribution in [0.1, 0.15) is 37.4 Å². The Balaban J connectivity index is 1.96. The van der Waals surface area contributed by atoms with Crippen molar-refractivity contribution in [3.05, 3.63) is 113 Å². The number of carboxylic acids is 1. The number of carbonyl (C=O) groups is 3. The molecule has 0 aliphatic heterocycles. The van der Waals surface area contributed by atoms with Crippen LogP contribution in [0.25, 0.3) is 17.7 Å². The molecule has 0 heterocycles. The number of carbonyl (C=O) groups excluding carboxylic acids is 2. The van der Waals surface area contributed by atoms with Crippen molar-refractivity contribution in [2.45, 2.75) is 0 Å². The van der Waals surface area contributed by atoms with Gasteiger partial charge in [-0.1, -0.05) is 49.1 Å². The molecular formula is C27H20O6. The Morgan fingerprint density at radius 3 is 1.58 bits per heavy atom. The van der Waals surface area contributed by atoms with Crippen LogP contribution in [0.5, 0.6) is 11.5 Å². The lowest BCUT2D eigenvalue weighted by Crippen LogP contribution is -2.08. The molecule has 0 amide bonds. The Hall–Kier alpha value is -4.71. The Labute approximate surface area is 190 Å². The van der Waals surface area contributed by atoms with Crippen LogP contribution in [0.3, 0.4) is 0 Å². The third-order valence-electron chi connectivity index (χ3n) is 4.80. The second kappa shape index (κ2) is 10.1. The van der Waals surface area contributed by atoms with Crippen LogP contribution in [0, 0.1) is 0 Å². The van der Waals surface area contributed by atoms with E-state index in [2.05, 4.69) is 6.58 Å². The summed E-state index contributed by atoms with van der Waals surface area (Å²) in [5.74, 6) is -1.99. The summed E-state index contributed by atoms with van der Waals surface area (Å²) in [5.41, 5.74) is 1.48. The van der Waals surface area contributed by atoms with Gasteiger partial charge in [0.2, 0.25) is 0 Å². The molecule has 164 valence electrons. The van der Waals surface area contributed by atoms with Gasteiger partial charge in [0, 0.05) is 11.1 Å². The van der Waals surface area contributed by atoms with Crippen molar-refractivity contribution in [2.24, 2.45) is 0 Å². The van der Waals surface area contributed by atoms with Gasteiger partial charge in [-0.15, -0.1) is 0 Å². The van der Waals surface area contributed by atoms with E-state index in [4.69, 9.17) is 0 Å². The minimum atomic E-state index is -1.24. The van der Waals surface area contributed by atoms with E-state index in [0.29, 0.717) is 11.1 Å². The highest BCUT2D eigenvalue weighted by Crippen LogP contribution is 2.21.